The van der Waals surface area contributed by atoms with Gasteiger partial charge >= 0.3 is 0 Å². The van der Waals surface area contributed by atoms with Crippen LogP contribution in [0.5, 0.6) is 0 Å². The molecule has 2 unspecified atom stereocenters. The first-order valence-corrected chi connectivity index (χ1v) is 6.77. The number of hydrogen-bond donors (Lipinski definition) is 3. The third-order valence-electron chi connectivity index (χ3n) is 4.21. The Hall–Kier alpha value is -0.610. The average molecular weight is 242 g/mol. The number of aliphatic hydroxyl groups excluding tert-OH is 1. The highest BCUT2D eigenvalue weighted by Crippen LogP contribution is 2.26. The molecule has 1 rings (SSSR count). The molecule has 2 atom stereocenters. The molecule has 0 aromatic rings. The first-order chi connectivity index (χ1) is 8.07. The minimum atomic E-state index is -0.428. The van der Waals surface area contributed by atoms with Crippen molar-refractivity contribution >= 4 is 5.91 Å². The Morgan fingerprint density at radius 1 is 1.41 bits per heavy atom. The fraction of sp³-hybridized carbons (Fsp3) is 0.923. The van der Waals surface area contributed by atoms with E-state index in [4.69, 9.17) is 5.73 Å². The number of carbonyl (C=O) groups is 1. The van der Waals surface area contributed by atoms with E-state index in [1.807, 2.05) is 13.8 Å². The molecule has 0 bridgehead atoms. The minimum absolute atomic E-state index is 0.0594. The summed E-state index contributed by atoms with van der Waals surface area (Å²) in [6.45, 7) is 4.40. The molecular weight excluding hydrogens is 216 g/mol. The Bertz CT molecular complexity index is 244. The van der Waals surface area contributed by atoms with Crippen LogP contribution in [-0.4, -0.2) is 29.7 Å². The molecular formula is C13H26N2O2. The van der Waals surface area contributed by atoms with Gasteiger partial charge in [0.2, 0.25) is 5.91 Å². The van der Waals surface area contributed by atoms with Crippen molar-refractivity contribution in [3.8, 4) is 0 Å². The van der Waals surface area contributed by atoms with Crippen LogP contribution in [0.4, 0.5) is 0 Å². The Balaban J connectivity index is 2.57. The van der Waals surface area contributed by atoms with E-state index in [9.17, 15) is 9.90 Å². The molecule has 1 fully saturated rings. The third kappa shape index (κ3) is 3.42. The monoisotopic (exact) mass is 242 g/mol. The number of amides is 1. The molecule has 0 spiro atoms. The predicted octanol–water partition coefficient (Wildman–Crippen LogP) is 1.17. The molecule has 0 radical (unpaired) electrons. The first kappa shape index (κ1) is 14.5. The van der Waals surface area contributed by atoms with E-state index >= 15 is 0 Å². The summed E-state index contributed by atoms with van der Waals surface area (Å²) in [5.74, 6) is 0.0594. The van der Waals surface area contributed by atoms with E-state index in [1.165, 1.54) is 0 Å². The fourth-order valence-electron chi connectivity index (χ4n) is 2.59. The van der Waals surface area contributed by atoms with Crippen molar-refractivity contribution in [3.63, 3.8) is 0 Å². The van der Waals surface area contributed by atoms with E-state index in [2.05, 4.69) is 5.32 Å². The van der Waals surface area contributed by atoms with Gasteiger partial charge in [-0.1, -0.05) is 13.8 Å². The van der Waals surface area contributed by atoms with Crippen molar-refractivity contribution in [3.05, 3.63) is 0 Å². The van der Waals surface area contributed by atoms with Crippen molar-refractivity contribution in [1.82, 2.24) is 5.32 Å². The van der Waals surface area contributed by atoms with Crippen LogP contribution in [-0.2, 0) is 4.79 Å². The van der Waals surface area contributed by atoms with E-state index < -0.39 is 5.41 Å². The van der Waals surface area contributed by atoms with Gasteiger partial charge in [-0.15, -0.1) is 0 Å². The van der Waals surface area contributed by atoms with Crippen molar-refractivity contribution in [1.29, 1.82) is 0 Å². The molecule has 17 heavy (non-hydrogen) atoms. The summed E-state index contributed by atoms with van der Waals surface area (Å²) in [5.41, 5.74) is 5.32. The highest BCUT2D eigenvalue weighted by Gasteiger charge is 2.35. The van der Waals surface area contributed by atoms with Gasteiger partial charge in [0.1, 0.15) is 0 Å². The standard InChI is InChI=1S/C13H26N2O2/c1-3-13(4-2,9-14)12(17)15-10-6-5-7-11(16)8-10/h10-11,16H,3-9,14H2,1-2H3,(H,15,17). The molecule has 0 aromatic carbocycles. The number of carbonyl (C=O) groups excluding carboxylic acids is 1. The molecule has 0 aliphatic heterocycles. The van der Waals surface area contributed by atoms with Crippen LogP contribution in [0.15, 0.2) is 0 Å². The lowest BCUT2D eigenvalue weighted by Crippen LogP contribution is -2.50. The van der Waals surface area contributed by atoms with Crippen LogP contribution in [0.1, 0.15) is 52.4 Å². The smallest absolute Gasteiger partial charge is 0.227 e. The Kier molecular flexibility index (Phi) is 5.40. The highest BCUT2D eigenvalue weighted by atomic mass is 16.3. The second-order valence-electron chi connectivity index (χ2n) is 5.18. The van der Waals surface area contributed by atoms with E-state index in [0.29, 0.717) is 13.0 Å². The van der Waals surface area contributed by atoms with Gasteiger partial charge in [0, 0.05) is 12.6 Å². The first-order valence-electron chi connectivity index (χ1n) is 6.77. The molecule has 0 heterocycles. The zero-order valence-electron chi connectivity index (χ0n) is 11.0. The van der Waals surface area contributed by atoms with Gasteiger partial charge in [0.25, 0.3) is 0 Å². The lowest BCUT2D eigenvalue weighted by molar-refractivity contribution is -0.132. The molecule has 0 saturated heterocycles. The third-order valence-corrected chi connectivity index (χ3v) is 4.21. The average Bonchev–Trinajstić information content (AvgIpc) is 2.32. The summed E-state index contributed by atoms with van der Waals surface area (Å²) in [7, 11) is 0. The molecule has 100 valence electrons. The summed E-state index contributed by atoms with van der Waals surface area (Å²) < 4.78 is 0. The molecule has 1 aliphatic rings. The van der Waals surface area contributed by atoms with Crippen LogP contribution in [0.25, 0.3) is 0 Å². The maximum absolute atomic E-state index is 12.3. The summed E-state index contributed by atoms with van der Waals surface area (Å²) in [4.78, 5) is 12.3. The SMILES string of the molecule is CCC(CC)(CN)C(=O)NC1CCCC(O)C1. The second-order valence-corrected chi connectivity index (χ2v) is 5.18. The Labute approximate surface area is 104 Å². The van der Waals surface area contributed by atoms with Crippen molar-refractivity contribution in [2.75, 3.05) is 6.54 Å². The van der Waals surface area contributed by atoms with Gasteiger partial charge < -0.3 is 16.2 Å². The summed E-state index contributed by atoms with van der Waals surface area (Å²) in [6.07, 6.45) is 4.76. The Morgan fingerprint density at radius 2 is 2.06 bits per heavy atom. The number of nitrogens with two attached hydrogens (primary N) is 1. The summed E-state index contributed by atoms with van der Waals surface area (Å²) in [6, 6.07) is 0.121. The van der Waals surface area contributed by atoms with Gasteiger partial charge in [-0.3, -0.25) is 4.79 Å². The maximum Gasteiger partial charge on any atom is 0.227 e. The van der Waals surface area contributed by atoms with Crippen molar-refractivity contribution < 1.29 is 9.90 Å². The maximum atomic E-state index is 12.3. The van der Waals surface area contributed by atoms with Gasteiger partial charge in [-0.25, -0.2) is 0 Å². The number of aliphatic hydroxyl groups is 1. The van der Waals surface area contributed by atoms with Gasteiger partial charge in [0.15, 0.2) is 0 Å². The quantitative estimate of drug-likeness (QED) is 0.677. The zero-order valence-corrected chi connectivity index (χ0v) is 11.0. The number of nitrogens with one attached hydrogen (secondary N) is 1. The topological polar surface area (TPSA) is 75.4 Å². The number of rotatable bonds is 5. The van der Waals surface area contributed by atoms with Gasteiger partial charge in [0.05, 0.1) is 11.5 Å². The predicted molar refractivity (Wildman–Crippen MR) is 68.5 cm³/mol. The largest absolute Gasteiger partial charge is 0.393 e. The second kappa shape index (κ2) is 6.36. The van der Waals surface area contributed by atoms with Crippen LogP contribution in [0.3, 0.4) is 0 Å². The van der Waals surface area contributed by atoms with E-state index in [-0.39, 0.29) is 18.1 Å². The van der Waals surface area contributed by atoms with E-state index in [0.717, 1.165) is 32.1 Å². The summed E-state index contributed by atoms with van der Waals surface area (Å²) >= 11 is 0. The van der Waals surface area contributed by atoms with Crippen molar-refractivity contribution in [2.24, 2.45) is 11.1 Å². The van der Waals surface area contributed by atoms with Crippen LogP contribution in [0, 0.1) is 5.41 Å². The Morgan fingerprint density at radius 3 is 2.53 bits per heavy atom. The zero-order chi connectivity index (χ0) is 12.9. The van der Waals surface area contributed by atoms with Gasteiger partial charge in [-0.05, 0) is 38.5 Å². The highest BCUT2D eigenvalue weighted by molar-refractivity contribution is 5.83. The molecule has 4 nitrogen and oxygen atoms in total. The van der Waals surface area contributed by atoms with Crippen LogP contribution < -0.4 is 11.1 Å². The number of hydrogen-bond acceptors (Lipinski definition) is 3. The van der Waals surface area contributed by atoms with Gasteiger partial charge in [-0.2, -0.15) is 0 Å². The normalized spacial score (nSPS) is 25.6. The lowest BCUT2D eigenvalue weighted by Gasteiger charge is -2.33. The van der Waals surface area contributed by atoms with E-state index in [1.54, 1.807) is 0 Å². The molecule has 0 aromatic heterocycles. The fourth-order valence-corrected chi connectivity index (χ4v) is 2.59. The molecule has 4 heteroatoms. The molecule has 4 N–H and O–H groups in total. The lowest BCUT2D eigenvalue weighted by atomic mass is 9.80. The molecule has 1 amide bonds. The minimum Gasteiger partial charge on any atom is -0.393 e. The van der Waals surface area contributed by atoms with Crippen LogP contribution >= 0.6 is 0 Å². The van der Waals surface area contributed by atoms with Crippen molar-refractivity contribution in [2.45, 2.75) is 64.5 Å². The summed E-state index contributed by atoms with van der Waals surface area (Å²) in [5, 5.41) is 12.7. The van der Waals surface area contributed by atoms with Crippen LogP contribution in [0.2, 0.25) is 0 Å². The molecule has 1 aliphatic carbocycles. The molecule has 1 saturated carbocycles.